The zero-order valence-electron chi connectivity index (χ0n) is 13.1. The molecule has 0 fully saturated rings. The van der Waals surface area contributed by atoms with Gasteiger partial charge in [-0.3, -0.25) is 9.48 Å². The van der Waals surface area contributed by atoms with Gasteiger partial charge in [0.25, 0.3) is 0 Å². The fourth-order valence-electron chi connectivity index (χ4n) is 2.31. The van der Waals surface area contributed by atoms with Gasteiger partial charge in [-0.2, -0.15) is 18.3 Å². The molecule has 2 rings (SSSR count). The Morgan fingerprint density at radius 3 is 2.58 bits per heavy atom. The lowest BCUT2D eigenvalue weighted by molar-refractivity contribution is -0.138. The van der Waals surface area contributed by atoms with Crippen LogP contribution in [0.25, 0.3) is 0 Å². The summed E-state index contributed by atoms with van der Waals surface area (Å²) in [6.45, 7) is 1.33. The number of nitrogens with one attached hydrogen (secondary N) is 1. The van der Waals surface area contributed by atoms with Crippen molar-refractivity contribution in [2.24, 2.45) is 7.05 Å². The van der Waals surface area contributed by atoms with Crippen LogP contribution in [0.15, 0.2) is 24.4 Å². The first kappa shape index (κ1) is 19.8. The van der Waals surface area contributed by atoms with Gasteiger partial charge in [0.05, 0.1) is 23.1 Å². The third kappa shape index (κ3) is 4.41. The van der Waals surface area contributed by atoms with Crippen LogP contribution < -0.4 is 11.1 Å². The lowest BCUT2D eigenvalue weighted by atomic mass is 10.1. The fraction of sp³-hybridized carbons (Fsp3) is 0.333. The minimum atomic E-state index is -4.45. The van der Waals surface area contributed by atoms with E-state index in [4.69, 9.17) is 5.73 Å². The number of benzene rings is 1. The highest BCUT2D eigenvalue weighted by Gasteiger charge is 2.33. The molecule has 1 aromatic carbocycles. The average Bonchev–Trinajstić information content (AvgIpc) is 2.77. The SMILES string of the molecule is Cc1c(NC(=O)CCc2c(N)cnn2C)cccc1C(F)(F)F.Cl. The number of aromatic nitrogens is 2. The normalized spacial score (nSPS) is 11.0. The Bertz CT molecular complexity index is 708. The average molecular weight is 363 g/mol. The number of anilines is 2. The van der Waals surface area contributed by atoms with E-state index in [0.717, 1.165) is 6.07 Å². The molecule has 0 aliphatic heterocycles. The van der Waals surface area contributed by atoms with Crippen LogP contribution in [0.3, 0.4) is 0 Å². The number of nitrogens with zero attached hydrogens (tertiary/aromatic N) is 2. The van der Waals surface area contributed by atoms with Crippen molar-refractivity contribution in [3.05, 3.63) is 41.2 Å². The number of halogens is 4. The molecule has 0 aliphatic carbocycles. The smallest absolute Gasteiger partial charge is 0.396 e. The summed E-state index contributed by atoms with van der Waals surface area (Å²) in [4.78, 5) is 12.0. The molecule has 0 radical (unpaired) electrons. The molecule has 0 atom stereocenters. The van der Waals surface area contributed by atoms with Gasteiger partial charge < -0.3 is 11.1 Å². The van der Waals surface area contributed by atoms with E-state index in [0.29, 0.717) is 17.8 Å². The van der Waals surface area contributed by atoms with Crippen molar-refractivity contribution in [2.75, 3.05) is 11.1 Å². The number of aryl methyl sites for hydroxylation is 1. The summed E-state index contributed by atoms with van der Waals surface area (Å²) in [5, 5.41) is 6.48. The van der Waals surface area contributed by atoms with E-state index in [2.05, 4.69) is 10.4 Å². The number of nitrogen functional groups attached to an aromatic ring is 1. The minimum absolute atomic E-state index is 0. The Morgan fingerprint density at radius 1 is 1.38 bits per heavy atom. The molecule has 0 bridgehead atoms. The molecule has 1 amide bonds. The molecule has 24 heavy (non-hydrogen) atoms. The molecule has 0 saturated heterocycles. The maximum Gasteiger partial charge on any atom is 0.416 e. The van der Waals surface area contributed by atoms with Crippen molar-refractivity contribution in [3.8, 4) is 0 Å². The summed E-state index contributed by atoms with van der Waals surface area (Å²) < 4.78 is 40.1. The predicted molar refractivity (Wildman–Crippen MR) is 88.0 cm³/mol. The van der Waals surface area contributed by atoms with Crippen LogP contribution in [0, 0.1) is 6.92 Å². The maximum atomic E-state index is 12.9. The summed E-state index contributed by atoms with van der Waals surface area (Å²) in [5.41, 5.74) is 6.31. The number of hydrogen-bond donors (Lipinski definition) is 2. The number of amides is 1. The van der Waals surface area contributed by atoms with Crippen molar-refractivity contribution in [1.82, 2.24) is 9.78 Å². The van der Waals surface area contributed by atoms with E-state index in [1.165, 1.54) is 25.3 Å². The van der Waals surface area contributed by atoms with E-state index in [-0.39, 0.29) is 36.0 Å². The summed E-state index contributed by atoms with van der Waals surface area (Å²) in [7, 11) is 1.71. The van der Waals surface area contributed by atoms with Crippen LogP contribution >= 0.6 is 12.4 Å². The minimum Gasteiger partial charge on any atom is -0.396 e. The van der Waals surface area contributed by atoms with Gasteiger partial charge in [0.1, 0.15) is 0 Å². The monoisotopic (exact) mass is 362 g/mol. The highest BCUT2D eigenvalue weighted by molar-refractivity contribution is 5.91. The number of nitrogens with two attached hydrogens (primary N) is 1. The highest BCUT2D eigenvalue weighted by atomic mass is 35.5. The Hall–Kier alpha value is -2.22. The molecule has 9 heteroatoms. The lowest BCUT2D eigenvalue weighted by Gasteiger charge is -2.14. The summed E-state index contributed by atoms with van der Waals surface area (Å²) in [6.07, 6.45) is -2.51. The topological polar surface area (TPSA) is 72.9 Å². The molecular weight excluding hydrogens is 345 g/mol. The van der Waals surface area contributed by atoms with Crippen molar-refractivity contribution >= 4 is 29.7 Å². The van der Waals surface area contributed by atoms with E-state index in [9.17, 15) is 18.0 Å². The molecule has 0 unspecified atom stereocenters. The number of hydrogen-bond acceptors (Lipinski definition) is 3. The van der Waals surface area contributed by atoms with Gasteiger partial charge in [-0.15, -0.1) is 12.4 Å². The van der Waals surface area contributed by atoms with Gasteiger partial charge in [-0.25, -0.2) is 0 Å². The van der Waals surface area contributed by atoms with Crippen LogP contribution in [-0.4, -0.2) is 15.7 Å². The van der Waals surface area contributed by atoms with E-state index in [1.54, 1.807) is 11.7 Å². The molecule has 2 aromatic rings. The molecule has 1 heterocycles. The Labute approximate surface area is 143 Å². The summed E-state index contributed by atoms with van der Waals surface area (Å²) in [5.74, 6) is -0.381. The van der Waals surface area contributed by atoms with Gasteiger partial charge >= 0.3 is 6.18 Å². The van der Waals surface area contributed by atoms with Gasteiger partial charge in [-0.1, -0.05) is 6.07 Å². The second kappa shape index (κ2) is 7.57. The van der Waals surface area contributed by atoms with Crippen LogP contribution in [0.1, 0.15) is 23.2 Å². The number of carbonyl (C=O) groups is 1. The largest absolute Gasteiger partial charge is 0.416 e. The molecule has 132 valence electrons. The second-order valence-corrected chi connectivity index (χ2v) is 5.19. The zero-order valence-corrected chi connectivity index (χ0v) is 14.0. The van der Waals surface area contributed by atoms with Crippen LogP contribution in [0.2, 0.25) is 0 Å². The predicted octanol–water partition coefficient (Wildman–Crippen LogP) is 3.32. The van der Waals surface area contributed by atoms with E-state index in [1.807, 2.05) is 0 Å². The van der Waals surface area contributed by atoms with Gasteiger partial charge in [-0.05, 0) is 24.6 Å². The molecule has 1 aromatic heterocycles. The standard InChI is InChI=1S/C15H17F3N4O.ClH/c1-9-10(15(16,17)18)4-3-5-12(9)21-14(23)7-6-13-11(19)8-20-22(13)2;/h3-5,8H,6-7,19H2,1-2H3,(H,21,23);1H. The Balaban J connectivity index is 0.00000288. The zero-order chi connectivity index (χ0) is 17.2. The van der Waals surface area contributed by atoms with Gasteiger partial charge in [0, 0.05) is 25.6 Å². The number of rotatable bonds is 4. The Morgan fingerprint density at radius 2 is 2.04 bits per heavy atom. The summed E-state index contributed by atoms with van der Waals surface area (Å²) >= 11 is 0. The number of carbonyl (C=O) groups excluding carboxylic acids is 1. The molecule has 0 spiro atoms. The Kier molecular flexibility index (Phi) is 6.25. The maximum absolute atomic E-state index is 12.9. The second-order valence-electron chi connectivity index (χ2n) is 5.19. The number of alkyl halides is 3. The molecule has 0 aliphatic rings. The van der Waals surface area contributed by atoms with Crippen LogP contribution in [0.4, 0.5) is 24.5 Å². The van der Waals surface area contributed by atoms with Crippen molar-refractivity contribution < 1.29 is 18.0 Å². The van der Waals surface area contributed by atoms with Crippen molar-refractivity contribution in [1.29, 1.82) is 0 Å². The van der Waals surface area contributed by atoms with Crippen LogP contribution in [0.5, 0.6) is 0 Å². The molecule has 0 saturated carbocycles. The quantitative estimate of drug-likeness (QED) is 0.876. The molecule has 3 N–H and O–H groups in total. The van der Waals surface area contributed by atoms with Crippen LogP contribution in [-0.2, 0) is 24.4 Å². The lowest BCUT2D eigenvalue weighted by Crippen LogP contribution is -2.16. The van der Waals surface area contributed by atoms with Gasteiger partial charge in [0.15, 0.2) is 0 Å². The third-order valence-electron chi connectivity index (χ3n) is 3.60. The first-order chi connectivity index (χ1) is 10.7. The molecule has 5 nitrogen and oxygen atoms in total. The summed E-state index contributed by atoms with van der Waals surface area (Å²) in [6, 6.07) is 3.70. The fourth-order valence-corrected chi connectivity index (χ4v) is 2.31. The van der Waals surface area contributed by atoms with Crippen molar-refractivity contribution in [2.45, 2.75) is 25.9 Å². The molecular formula is C15H18ClF3N4O. The third-order valence-corrected chi connectivity index (χ3v) is 3.60. The highest BCUT2D eigenvalue weighted by Crippen LogP contribution is 2.34. The van der Waals surface area contributed by atoms with Crippen molar-refractivity contribution in [3.63, 3.8) is 0 Å². The first-order valence-electron chi connectivity index (χ1n) is 6.93. The van der Waals surface area contributed by atoms with Gasteiger partial charge in [0.2, 0.25) is 5.91 Å². The van der Waals surface area contributed by atoms with E-state index < -0.39 is 11.7 Å². The first-order valence-corrected chi connectivity index (χ1v) is 6.93. The van der Waals surface area contributed by atoms with E-state index >= 15 is 0 Å².